The molecule has 7 nitrogen and oxygen atoms in total. The summed E-state index contributed by atoms with van der Waals surface area (Å²) in [5, 5.41) is 5.60. The van der Waals surface area contributed by atoms with Crippen LogP contribution in [0.15, 0.2) is 36.4 Å². The first-order chi connectivity index (χ1) is 12.7. The summed E-state index contributed by atoms with van der Waals surface area (Å²) in [5.41, 5.74) is 1.61. The molecule has 0 spiro atoms. The van der Waals surface area contributed by atoms with Crippen LogP contribution >= 0.6 is 0 Å². The molecular weight excluding hydrogens is 336 g/mol. The molecule has 0 fully saturated rings. The number of urea groups is 1. The summed E-state index contributed by atoms with van der Waals surface area (Å²) < 4.78 is 21.5. The lowest BCUT2D eigenvalue weighted by Gasteiger charge is -2.19. The van der Waals surface area contributed by atoms with Gasteiger partial charge in [0.1, 0.15) is 24.7 Å². The van der Waals surface area contributed by atoms with Crippen molar-refractivity contribution in [1.29, 1.82) is 0 Å². The van der Waals surface area contributed by atoms with E-state index in [1.165, 1.54) is 0 Å². The van der Waals surface area contributed by atoms with E-state index in [1.807, 2.05) is 18.2 Å². The van der Waals surface area contributed by atoms with Crippen molar-refractivity contribution in [2.75, 3.05) is 39.3 Å². The Labute approximate surface area is 152 Å². The summed E-state index contributed by atoms with van der Waals surface area (Å²) in [4.78, 5) is 12.1. The fraction of sp³-hybridized carbons (Fsp3) is 0.316. The van der Waals surface area contributed by atoms with Gasteiger partial charge in [-0.15, -0.1) is 0 Å². The molecule has 2 aromatic rings. The first kappa shape index (κ1) is 17.7. The minimum absolute atomic E-state index is 0.311. The third-order valence-corrected chi connectivity index (χ3v) is 3.96. The summed E-state index contributed by atoms with van der Waals surface area (Å²) in [6.45, 7) is 1.61. The molecule has 2 N–H and O–H groups in total. The van der Waals surface area contributed by atoms with Crippen LogP contribution in [0.3, 0.4) is 0 Å². The lowest BCUT2D eigenvalue weighted by Crippen LogP contribution is -2.30. The second kappa shape index (κ2) is 8.33. The number of methoxy groups -OCH3 is 2. The fourth-order valence-electron chi connectivity index (χ4n) is 2.64. The number of anilines is 1. The van der Waals surface area contributed by atoms with Gasteiger partial charge < -0.3 is 29.6 Å². The maximum absolute atomic E-state index is 12.1. The number of nitrogens with one attached hydrogen (secondary N) is 2. The lowest BCUT2D eigenvalue weighted by atomic mass is 10.1. The van der Waals surface area contributed by atoms with Crippen LogP contribution in [-0.4, -0.2) is 40.0 Å². The van der Waals surface area contributed by atoms with E-state index in [1.54, 1.807) is 32.4 Å². The van der Waals surface area contributed by atoms with Gasteiger partial charge in [0.25, 0.3) is 0 Å². The van der Waals surface area contributed by atoms with E-state index in [-0.39, 0.29) is 6.03 Å². The summed E-state index contributed by atoms with van der Waals surface area (Å²) in [6, 6.07) is 10.7. The molecule has 138 valence electrons. The second-order valence-corrected chi connectivity index (χ2v) is 5.68. The van der Waals surface area contributed by atoms with Crippen LogP contribution in [0.4, 0.5) is 10.5 Å². The van der Waals surface area contributed by atoms with E-state index in [4.69, 9.17) is 18.9 Å². The van der Waals surface area contributed by atoms with Crippen molar-refractivity contribution in [2.24, 2.45) is 0 Å². The monoisotopic (exact) mass is 358 g/mol. The Kier molecular flexibility index (Phi) is 5.68. The van der Waals surface area contributed by atoms with E-state index in [9.17, 15) is 4.79 Å². The summed E-state index contributed by atoms with van der Waals surface area (Å²) >= 11 is 0. The van der Waals surface area contributed by atoms with Crippen LogP contribution < -0.4 is 29.6 Å². The molecule has 0 aliphatic carbocycles. The lowest BCUT2D eigenvalue weighted by molar-refractivity contribution is 0.171. The molecule has 1 heterocycles. The van der Waals surface area contributed by atoms with Gasteiger partial charge in [-0.2, -0.15) is 0 Å². The number of fused-ring (bicyclic) bond motifs is 1. The maximum atomic E-state index is 12.1. The molecule has 3 rings (SSSR count). The van der Waals surface area contributed by atoms with Crippen molar-refractivity contribution in [1.82, 2.24) is 5.32 Å². The Morgan fingerprint density at radius 1 is 1.04 bits per heavy atom. The number of hydrogen-bond acceptors (Lipinski definition) is 5. The van der Waals surface area contributed by atoms with Crippen molar-refractivity contribution in [2.45, 2.75) is 6.42 Å². The first-order valence-corrected chi connectivity index (χ1v) is 8.35. The van der Waals surface area contributed by atoms with Gasteiger partial charge in [-0.05, 0) is 36.2 Å². The molecule has 0 radical (unpaired) electrons. The SMILES string of the molecule is COc1ccc(OC)c(NC(=O)NCCc2ccc3c(c2)OCCO3)c1. The zero-order valence-electron chi connectivity index (χ0n) is 14.8. The van der Waals surface area contributed by atoms with Gasteiger partial charge in [-0.3, -0.25) is 0 Å². The zero-order valence-corrected chi connectivity index (χ0v) is 14.8. The number of hydrogen-bond donors (Lipinski definition) is 2. The summed E-state index contributed by atoms with van der Waals surface area (Å²) in [6.07, 6.45) is 0.680. The molecule has 0 bridgehead atoms. The van der Waals surface area contributed by atoms with Crippen molar-refractivity contribution < 1.29 is 23.7 Å². The van der Waals surface area contributed by atoms with Gasteiger partial charge >= 0.3 is 6.03 Å². The molecule has 0 saturated heterocycles. The largest absolute Gasteiger partial charge is 0.497 e. The molecule has 2 aromatic carbocycles. The molecule has 26 heavy (non-hydrogen) atoms. The maximum Gasteiger partial charge on any atom is 0.319 e. The summed E-state index contributed by atoms with van der Waals surface area (Å²) in [7, 11) is 3.12. The normalized spacial score (nSPS) is 12.2. The Balaban J connectivity index is 1.53. The van der Waals surface area contributed by atoms with Crippen molar-refractivity contribution in [3.05, 3.63) is 42.0 Å². The highest BCUT2D eigenvalue weighted by Crippen LogP contribution is 2.31. The molecular formula is C19H22N2O5. The Morgan fingerprint density at radius 3 is 2.62 bits per heavy atom. The number of amides is 2. The van der Waals surface area contributed by atoms with Crippen LogP contribution in [-0.2, 0) is 6.42 Å². The number of ether oxygens (including phenoxy) is 4. The highest BCUT2D eigenvalue weighted by molar-refractivity contribution is 5.91. The van der Waals surface area contributed by atoms with Crippen LogP contribution in [0.1, 0.15) is 5.56 Å². The smallest absolute Gasteiger partial charge is 0.319 e. The Bertz CT molecular complexity index is 779. The predicted octanol–water partition coefficient (Wildman–Crippen LogP) is 2.84. The molecule has 7 heteroatoms. The van der Waals surface area contributed by atoms with Gasteiger partial charge in [0, 0.05) is 12.6 Å². The third kappa shape index (κ3) is 4.30. The van der Waals surface area contributed by atoms with Crippen molar-refractivity contribution in [3.8, 4) is 23.0 Å². The van der Waals surface area contributed by atoms with Gasteiger partial charge in [-0.25, -0.2) is 4.79 Å². The van der Waals surface area contributed by atoms with Gasteiger partial charge in [0.05, 0.1) is 19.9 Å². The number of rotatable bonds is 6. The van der Waals surface area contributed by atoms with Crippen LogP contribution in [0.2, 0.25) is 0 Å². The van der Waals surface area contributed by atoms with E-state index in [0.29, 0.717) is 43.4 Å². The van der Waals surface area contributed by atoms with E-state index < -0.39 is 0 Å². The molecule has 0 saturated carbocycles. The van der Waals surface area contributed by atoms with Gasteiger partial charge in [0.2, 0.25) is 0 Å². The van der Waals surface area contributed by atoms with E-state index >= 15 is 0 Å². The molecule has 0 atom stereocenters. The first-order valence-electron chi connectivity index (χ1n) is 8.35. The predicted molar refractivity (Wildman–Crippen MR) is 97.7 cm³/mol. The van der Waals surface area contributed by atoms with E-state index in [2.05, 4.69) is 10.6 Å². The van der Waals surface area contributed by atoms with Crippen molar-refractivity contribution >= 4 is 11.7 Å². The van der Waals surface area contributed by atoms with E-state index in [0.717, 1.165) is 17.1 Å². The highest BCUT2D eigenvalue weighted by Gasteiger charge is 2.12. The number of carbonyl (C=O) groups is 1. The average Bonchev–Trinajstić information content (AvgIpc) is 2.67. The minimum Gasteiger partial charge on any atom is -0.497 e. The standard InChI is InChI=1S/C19H22N2O5/c1-23-14-4-6-16(24-2)15(12-14)21-19(22)20-8-7-13-3-5-17-18(11-13)26-10-9-25-17/h3-6,11-12H,7-10H2,1-2H3,(H2,20,21,22). The second-order valence-electron chi connectivity index (χ2n) is 5.68. The van der Waals surface area contributed by atoms with Gasteiger partial charge in [-0.1, -0.05) is 6.07 Å². The fourth-order valence-corrected chi connectivity index (χ4v) is 2.64. The Hall–Kier alpha value is -3.09. The number of benzene rings is 2. The molecule has 2 amide bonds. The van der Waals surface area contributed by atoms with Gasteiger partial charge in [0.15, 0.2) is 11.5 Å². The highest BCUT2D eigenvalue weighted by atomic mass is 16.6. The summed E-state index contributed by atoms with van der Waals surface area (Å²) in [5.74, 6) is 2.71. The zero-order chi connectivity index (χ0) is 18.4. The average molecular weight is 358 g/mol. The minimum atomic E-state index is -0.311. The van der Waals surface area contributed by atoms with Crippen LogP contribution in [0, 0.1) is 0 Å². The third-order valence-electron chi connectivity index (χ3n) is 3.96. The Morgan fingerprint density at radius 2 is 1.85 bits per heavy atom. The topological polar surface area (TPSA) is 78.1 Å². The van der Waals surface area contributed by atoms with Crippen LogP contribution in [0.5, 0.6) is 23.0 Å². The van der Waals surface area contributed by atoms with Crippen LogP contribution in [0.25, 0.3) is 0 Å². The molecule has 1 aliphatic heterocycles. The molecule has 0 unspecified atom stereocenters. The number of carbonyl (C=O) groups excluding carboxylic acids is 1. The molecule has 0 aromatic heterocycles. The quantitative estimate of drug-likeness (QED) is 0.830. The van der Waals surface area contributed by atoms with Crippen molar-refractivity contribution in [3.63, 3.8) is 0 Å². The molecule has 1 aliphatic rings.